The Hall–Kier alpha value is -7.20. The van der Waals surface area contributed by atoms with E-state index in [0.29, 0.717) is 126 Å². The minimum absolute atomic E-state index is 0.00686. The second-order valence-corrected chi connectivity index (χ2v) is 22.1. The second-order valence-electron chi connectivity index (χ2n) is 22.1. The molecule has 5 aromatic rings. The van der Waals surface area contributed by atoms with E-state index in [4.69, 9.17) is 18.9 Å². The lowest BCUT2D eigenvalue weighted by Crippen LogP contribution is -2.32. The van der Waals surface area contributed by atoms with Gasteiger partial charge in [0.15, 0.2) is 5.78 Å². The highest BCUT2D eigenvalue weighted by Crippen LogP contribution is 2.50. The van der Waals surface area contributed by atoms with Gasteiger partial charge in [0.1, 0.15) is 28.8 Å². The number of ether oxygens (including phenoxy) is 4. The molecule has 1 amide bonds. The molecule has 0 bridgehead atoms. The van der Waals surface area contributed by atoms with E-state index in [9.17, 15) is 29.1 Å². The van der Waals surface area contributed by atoms with Crippen LogP contribution in [0, 0.1) is 18.8 Å². The average molecular weight is 1120 g/mol. The van der Waals surface area contributed by atoms with Crippen molar-refractivity contribution in [2.75, 3.05) is 51.1 Å². The summed E-state index contributed by atoms with van der Waals surface area (Å²) in [7, 11) is 0. The van der Waals surface area contributed by atoms with E-state index in [1.54, 1.807) is 17.0 Å². The summed E-state index contributed by atoms with van der Waals surface area (Å²) in [5, 5.41) is 19.8. The molecule has 8 rings (SSSR count). The Kier molecular flexibility index (Phi) is 22.0. The number of nitrogens with zero attached hydrogens (tertiary/aromatic N) is 5. The molecule has 2 atom stereocenters. The molecule has 434 valence electrons. The molecule has 1 N–H and O–H groups in total. The normalized spacial score (nSPS) is 15.7. The number of para-hydroxylation sites is 1. The van der Waals surface area contributed by atoms with Gasteiger partial charge in [-0.05, 0) is 105 Å². The lowest BCUT2D eigenvalue weighted by molar-refractivity contribution is -0.124. The summed E-state index contributed by atoms with van der Waals surface area (Å²) in [6.07, 6.45) is 11.4. The molecular formula is C67H81N5O10. The summed E-state index contributed by atoms with van der Waals surface area (Å²) >= 11 is 0. The maximum atomic E-state index is 14.0. The number of carbonyl (C=O) groups excluding carboxylic acids is 4. The maximum Gasteiger partial charge on any atom is 0.336 e. The lowest BCUT2D eigenvalue weighted by atomic mass is 9.72. The number of aromatic nitrogens is 3. The summed E-state index contributed by atoms with van der Waals surface area (Å²) < 4.78 is 25.6. The van der Waals surface area contributed by atoms with Gasteiger partial charge < -0.3 is 29.0 Å². The summed E-state index contributed by atoms with van der Waals surface area (Å²) in [5.41, 5.74) is 11.1. The number of hydrogen-bond donors (Lipinski definition) is 1. The molecule has 0 spiro atoms. The molecule has 3 aliphatic rings. The number of fused-ring (bicyclic) bond motifs is 7. The highest BCUT2D eigenvalue weighted by atomic mass is 16.5. The van der Waals surface area contributed by atoms with Crippen LogP contribution in [0.5, 0.6) is 5.75 Å². The number of aromatic carboxylic acids is 1. The van der Waals surface area contributed by atoms with Crippen molar-refractivity contribution >= 4 is 40.6 Å². The maximum absolute atomic E-state index is 14.0. The van der Waals surface area contributed by atoms with E-state index >= 15 is 0 Å². The highest BCUT2D eigenvalue weighted by Gasteiger charge is 2.40. The summed E-state index contributed by atoms with van der Waals surface area (Å²) in [5.74, 6) is 0.305. The number of aryl methyl sites for hydroxylation is 3. The molecule has 82 heavy (non-hydrogen) atoms. The van der Waals surface area contributed by atoms with Crippen LogP contribution < -0.4 is 9.64 Å². The number of hydrogen-bond acceptors (Lipinski definition) is 12. The van der Waals surface area contributed by atoms with E-state index in [1.165, 1.54) is 11.6 Å². The molecule has 15 heteroatoms. The molecule has 15 nitrogen and oxygen atoms in total. The first-order chi connectivity index (χ1) is 39.8. The van der Waals surface area contributed by atoms with Gasteiger partial charge in [-0.3, -0.25) is 24.2 Å². The molecule has 2 unspecified atom stereocenters. The minimum Gasteiger partial charge on any atom is -0.478 e. The zero-order valence-electron chi connectivity index (χ0n) is 48.8. The number of benzene rings is 4. The van der Waals surface area contributed by atoms with Gasteiger partial charge in [-0.25, -0.2) is 9.48 Å². The number of carboxylic acid groups (broad SMARTS) is 1. The average Bonchev–Trinajstić information content (AvgIpc) is 2.25. The fourth-order valence-electron chi connectivity index (χ4n) is 11.3. The van der Waals surface area contributed by atoms with E-state index in [1.807, 2.05) is 73.1 Å². The van der Waals surface area contributed by atoms with Gasteiger partial charge in [-0.15, -0.1) is 5.10 Å². The Labute approximate surface area is 483 Å². The molecule has 0 saturated carbocycles. The van der Waals surface area contributed by atoms with Crippen LogP contribution in [-0.2, 0) is 48.1 Å². The molecule has 1 aliphatic carbocycles. The topological polar surface area (TPSA) is 189 Å². The van der Waals surface area contributed by atoms with Crippen LogP contribution in [0.25, 0.3) is 22.5 Å². The highest BCUT2D eigenvalue weighted by molar-refractivity contribution is 6.09. The molecule has 1 aromatic heterocycles. The van der Waals surface area contributed by atoms with Crippen molar-refractivity contribution in [2.24, 2.45) is 16.8 Å². The largest absolute Gasteiger partial charge is 0.478 e. The summed E-state index contributed by atoms with van der Waals surface area (Å²) in [4.78, 5) is 72.6. The van der Waals surface area contributed by atoms with Gasteiger partial charge in [0.25, 0.3) is 0 Å². The van der Waals surface area contributed by atoms with Crippen LogP contribution >= 0.6 is 0 Å². The van der Waals surface area contributed by atoms with E-state index in [2.05, 4.69) is 61.2 Å². The molecule has 2 aliphatic heterocycles. The van der Waals surface area contributed by atoms with Crippen LogP contribution in [0.15, 0.2) is 107 Å². The van der Waals surface area contributed by atoms with Crippen molar-refractivity contribution in [2.45, 2.75) is 144 Å². The number of rotatable bonds is 31. The Morgan fingerprint density at radius 2 is 1.44 bits per heavy atom. The number of aliphatic imine (C=N–C) groups is 1. The van der Waals surface area contributed by atoms with E-state index < -0.39 is 5.97 Å². The Morgan fingerprint density at radius 3 is 2.17 bits per heavy atom. The monoisotopic (exact) mass is 1120 g/mol. The summed E-state index contributed by atoms with van der Waals surface area (Å²) in [6, 6.07) is 25.0. The number of anilines is 1. The fourth-order valence-corrected chi connectivity index (χ4v) is 11.3. The van der Waals surface area contributed by atoms with Gasteiger partial charge in [0.2, 0.25) is 5.91 Å². The molecule has 3 heterocycles. The van der Waals surface area contributed by atoms with Crippen molar-refractivity contribution in [1.29, 1.82) is 0 Å². The van der Waals surface area contributed by atoms with E-state index in [-0.39, 0.29) is 59.9 Å². The number of carbonyl (C=O) groups is 5. The number of Topliss-reactive ketones (excluding diaryl/α,β-unsaturated/α-hetero) is 3. The number of carboxylic acids is 1. The summed E-state index contributed by atoms with van der Waals surface area (Å²) in [6.45, 7) is 16.2. The van der Waals surface area contributed by atoms with Crippen molar-refractivity contribution in [1.82, 2.24) is 15.0 Å². The predicted molar refractivity (Wildman–Crippen MR) is 319 cm³/mol. The first kappa shape index (κ1) is 60.9. The Balaban J connectivity index is 0.733. The number of amides is 1. The number of allylic oxidation sites excluding steroid dienone is 3. The molecule has 0 saturated heterocycles. The van der Waals surface area contributed by atoms with Gasteiger partial charge >= 0.3 is 5.97 Å². The van der Waals surface area contributed by atoms with Crippen LogP contribution in [-0.4, -0.2) is 101 Å². The van der Waals surface area contributed by atoms with Crippen molar-refractivity contribution < 1.29 is 48.0 Å². The van der Waals surface area contributed by atoms with Crippen molar-refractivity contribution in [3.63, 3.8) is 0 Å². The zero-order valence-corrected chi connectivity index (χ0v) is 48.8. The quantitative estimate of drug-likeness (QED) is 0.0327. The van der Waals surface area contributed by atoms with Crippen LogP contribution in [0.4, 0.5) is 5.69 Å². The third-order valence-corrected chi connectivity index (χ3v) is 15.6. The molecular weight excluding hydrogens is 1030 g/mol. The van der Waals surface area contributed by atoms with Gasteiger partial charge in [0, 0.05) is 105 Å². The van der Waals surface area contributed by atoms with Crippen LogP contribution in [0.2, 0.25) is 0 Å². The molecule has 0 radical (unpaired) electrons. The Bertz CT molecular complexity index is 3190. The minimum atomic E-state index is -1.09. The molecule has 4 aromatic carbocycles. The third kappa shape index (κ3) is 15.5. The van der Waals surface area contributed by atoms with Crippen LogP contribution in [0.1, 0.15) is 166 Å². The van der Waals surface area contributed by atoms with Gasteiger partial charge in [-0.1, -0.05) is 106 Å². The fraction of sp³-hybridized carbons (Fsp3) is 0.463. The Morgan fingerprint density at radius 1 is 0.756 bits per heavy atom. The predicted octanol–water partition coefficient (Wildman–Crippen LogP) is 12.9. The SMILES string of the molecule is CCCc1cc2c(cc1C)C(c1ccc(C(=O)CCCOCCOCCOCCCC(=O)CCC(=O)N3Cc4ccccc4-c4c(nnn4CCCC(=O)CCCC(C)C)-c4ccccc43)cc1C(=O)O)C1C=C(C)C(=NCC)C=C1O2. The zero-order chi connectivity index (χ0) is 58.1. The standard InChI is InChI=1S/C67H81N5O10/c1-7-17-47-41-61-56(38-45(47)5)64(57-39-46(6)58(68-8-2)42-62(57)82-61)53-29-27-48(40-55(53)67(77)78)60(75)26-16-33-80-35-37-81-36-34-79-32-15-22-51(74)28-30-63(76)71-43-49-19-9-10-23-52(49)66-65(54-24-11-12-25-59(54)71)69-70-72(66)31-14-21-50(73)20-13-18-44(3)4/h9-12,19,23-25,27,29,38-42,44,57,64H,7-8,13-18,20-22,26,28,30-37,43H2,1-6H3,(H,77,78). The smallest absolute Gasteiger partial charge is 0.336 e. The van der Waals surface area contributed by atoms with Crippen molar-refractivity contribution in [3.8, 4) is 28.3 Å². The van der Waals surface area contributed by atoms with Crippen LogP contribution in [0.3, 0.4) is 0 Å². The first-order valence-corrected chi connectivity index (χ1v) is 29.6. The third-order valence-electron chi connectivity index (χ3n) is 15.6. The molecule has 0 fully saturated rings. The van der Waals surface area contributed by atoms with Crippen molar-refractivity contribution in [3.05, 3.63) is 141 Å². The lowest BCUT2D eigenvalue weighted by Gasteiger charge is -2.37. The second kappa shape index (κ2) is 29.7. The van der Waals surface area contributed by atoms with Gasteiger partial charge in [-0.2, -0.15) is 0 Å². The number of ketones is 3. The van der Waals surface area contributed by atoms with E-state index in [0.717, 1.165) is 82.0 Å². The van der Waals surface area contributed by atoms with Gasteiger partial charge in [0.05, 0.1) is 55.6 Å². The first-order valence-electron chi connectivity index (χ1n) is 29.6.